The number of hydrogen-bond acceptors (Lipinski definition) is 2. The van der Waals surface area contributed by atoms with E-state index in [1.165, 1.54) is 0 Å². The van der Waals surface area contributed by atoms with Gasteiger partial charge in [0.05, 0.1) is 10.6 Å². The molecule has 0 spiro atoms. The van der Waals surface area contributed by atoms with Crippen molar-refractivity contribution in [2.24, 2.45) is 5.73 Å². The molecule has 0 saturated heterocycles. The van der Waals surface area contributed by atoms with E-state index >= 15 is 0 Å². The van der Waals surface area contributed by atoms with E-state index in [1.54, 1.807) is 0 Å². The van der Waals surface area contributed by atoms with E-state index in [0.717, 1.165) is 28.6 Å². The third kappa shape index (κ3) is 3.80. The van der Waals surface area contributed by atoms with Crippen molar-refractivity contribution in [3.63, 3.8) is 0 Å². The van der Waals surface area contributed by atoms with Crippen molar-refractivity contribution in [1.29, 1.82) is 0 Å². The Morgan fingerprint density at radius 2 is 2.06 bits per heavy atom. The molecule has 0 aromatic heterocycles. The maximum atomic E-state index is 5.83. The lowest BCUT2D eigenvalue weighted by molar-refractivity contribution is 0.208. The molecule has 0 radical (unpaired) electrons. The highest BCUT2D eigenvalue weighted by Crippen LogP contribution is 2.29. The second-order valence-corrected chi connectivity index (χ2v) is 5.05. The third-order valence-corrected chi connectivity index (χ3v) is 3.12. The largest absolute Gasteiger partial charge is 0.490 e. The van der Waals surface area contributed by atoms with Crippen molar-refractivity contribution in [3.05, 3.63) is 28.2 Å². The summed E-state index contributed by atoms with van der Waals surface area (Å²) in [5.41, 5.74) is 6.93. The van der Waals surface area contributed by atoms with Crippen molar-refractivity contribution >= 4 is 15.9 Å². The van der Waals surface area contributed by atoms with Crippen LogP contribution in [0, 0.1) is 0 Å². The van der Waals surface area contributed by atoms with Gasteiger partial charge in [0.25, 0.3) is 0 Å². The highest BCUT2D eigenvalue weighted by atomic mass is 79.9. The molecule has 0 bridgehead atoms. The molecule has 2 N–H and O–H groups in total. The van der Waals surface area contributed by atoms with Crippen molar-refractivity contribution in [3.8, 4) is 5.75 Å². The van der Waals surface area contributed by atoms with Gasteiger partial charge in [-0.05, 0) is 53.9 Å². The normalized spacial score (nSPS) is 14.6. The molecule has 0 amide bonds. The summed E-state index contributed by atoms with van der Waals surface area (Å²) >= 11 is 3.51. The summed E-state index contributed by atoms with van der Waals surface area (Å²) in [4.78, 5) is 0. The molecule has 1 aromatic rings. The molecule has 2 atom stereocenters. The van der Waals surface area contributed by atoms with Crippen LogP contribution in [0.5, 0.6) is 5.75 Å². The van der Waals surface area contributed by atoms with E-state index in [1.807, 2.05) is 25.1 Å². The van der Waals surface area contributed by atoms with Gasteiger partial charge in [0.2, 0.25) is 0 Å². The van der Waals surface area contributed by atoms with E-state index in [9.17, 15) is 0 Å². The fourth-order valence-corrected chi connectivity index (χ4v) is 2.07. The van der Waals surface area contributed by atoms with Gasteiger partial charge in [-0.1, -0.05) is 19.4 Å². The molecule has 90 valence electrons. The highest BCUT2D eigenvalue weighted by Gasteiger charge is 2.08. The van der Waals surface area contributed by atoms with Gasteiger partial charge in [-0.3, -0.25) is 0 Å². The Morgan fingerprint density at radius 3 is 2.56 bits per heavy atom. The number of rotatable bonds is 5. The van der Waals surface area contributed by atoms with Crippen LogP contribution in [-0.2, 0) is 0 Å². The zero-order valence-corrected chi connectivity index (χ0v) is 11.8. The Bertz CT molecular complexity index is 339. The van der Waals surface area contributed by atoms with Gasteiger partial charge in [0, 0.05) is 6.04 Å². The van der Waals surface area contributed by atoms with Crippen LogP contribution in [0.1, 0.15) is 45.2 Å². The van der Waals surface area contributed by atoms with Crippen LogP contribution in [0.2, 0.25) is 0 Å². The molecule has 1 unspecified atom stereocenters. The van der Waals surface area contributed by atoms with Crippen molar-refractivity contribution < 1.29 is 4.74 Å². The van der Waals surface area contributed by atoms with Crippen molar-refractivity contribution in [1.82, 2.24) is 0 Å². The molecule has 2 nitrogen and oxygen atoms in total. The van der Waals surface area contributed by atoms with E-state index < -0.39 is 0 Å². The molecule has 16 heavy (non-hydrogen) atoms. The Kier molecular flexibility index (Phi) is 5.29. The first kappa shape index (κ1) is 13.5. The predicted octanol–water partition coefficient (Wildman–Crippen LogP) is 4.04. The van der Waals surface area contributed by atoms with Gasteiger partial charge in [-0.25, -0.2) is 0 Å². The Hall–Kier alpha value is -0.540. The van der Waals surface area contributed by atoms with E-state index in [2.05, 4.69) is 29.8 Å². The van der Waals surface area contributed by atoms with Gasteiger partial charge in [0.15, 0.2) is 0 Å². The molecular weight excluding hydrogens is 266 g/mol. The van der Waals surface area contributed by atoms with E-state index in [0.29, 0.717) is 0 Å². The first-order valence-corrected chi connectivity index (χ1v) is 6.55. The summed E-state index contributed by atoms with van der Waals surface area (Å²) in [5.74, 6) is 0.894. The lowest BCUT2D eigenvalue weighted by Gasteiger charge is -2.16. The molecule has 0 aliphatic rings. The van der Waals surface area contributed by atoms with Gasteiger partial charge >= 0.3 is 0 Å². The lowest BCUT2D eigenvalue weighted by Crippen LogP contribution is -2.11. The fourth-order valence-electron chi connectivity index (χ4n) is 1.58. The minimum absolute atomic E-state index is 0.0541. The van der Waals surface area contributed by atoms with Crippen LogP contribution >= 0.6 is 15.9 Å². The van der Waals surface area contributed by atoms with Gasteiger partial charge < -0.3 is 10.5 Å². The summed E-state index contributed by atoms with van der Waals surface area (Å²) in [6.07, 6.45) is 2.46. The summed E-state index contributed by atoms with van der Waals surface area (Å²) in [6.45, 7) is 6.23. The van der Waals surface area contributed by atoms with E-state index in [-0.39, 0.29) is 12.1 Å². The quantitative estimate of drug-likeness (QED) is 0.886. The fraction of sp³-hybridized carbons (Fsp3) is 0.538. The second kappa shape index (κ2) is 6.26. The third-order valence-electron chi connectivity index (χ3n) is 2.51. The number of ether oxygens (including phenoxy) is 1. The Labute approximate surface area is 106 Å². The maximum absolute atomic E-state index is 5.83. The number of benzene rings is 1. The van der Waals surface area contributed by atoms with Crippen LogP contribution in [0.25, 0.3) is 0 Å². The molecule has 0 aliphatic heterocycles. The summed E-state index contributed by atoms with van der Waals surface area (Å²) in [5, 5.41) is 0. The maximum Gasteiger partial charge on any atom is 0.133 e. The summed E-state index contributed by atoms with van der Waals surface area (Å²) < 4.78 is 6.81. The molecule has 0 heterocycles. The predicted molar refractivity (Wildman–Crippen MR) is 71.7 cm³/mol. The van der Waals surface area contributed by atoms with Crippen LogP contribution in [0.3, 0.4) is 0 Å². The monoisotopic (exact) mass is 285 g/mol. The average Bonchev–Trinajstić information content (AvgIpc) is 2.21. The highest BCUT2D eigenvalue weighted by molar-refractivity contribution is 9.10. The first-order chi connectivity index (χ1) is 7.54. The number of hydrogen-bond donors (Lipinski definition) is 1. The topological polar surface area (TPSA) is 35.2 Å². The van der Waals surface area contributed by atoms with Crippen LogP contribution in [-0.4, -0.2) is 6.10 Å². The molecular formula is C13H20BrNO. The summed E-state index contributed by atoms with van der Waals surface area (Å²) in [6, 6.07) is 6.08. The Morgan fingerprint density at radius 1 is 1.38 bits per heavy atom. The second-order valence-electron chi connectivity index (χ2n) is 4.20. The molecule has 3 heteroatoms. The van der Waals surface area contributed by atoms with Crippen LogP contribution in [0.15, 0.2) is 22.7 Å². The number of halogens is 1. The minimum Gasteiger partial charge on any atom is -0.490 e. The Balaban J connectivity index is 2.75. The van der Waals surface area contributed by atoms with Gasteiger partial charge in [-0.2, -0.15) is 0 Å². The molecule has 0 aliphatic carbocycles. The standard InChI is InChI=1S/C13H20BrNO/c1-4-5-9(2)16-13-7-6-11(10(3)15)8-12(13)14/h6-10H,4-5,15H2,1-3H3/t9?,10-/m1/s1. The lowest BCUT2D eigenvalue weighted by atomic mass is 10.1. The van der Waals surface area contributed by atoms with E-state index in [4.69, 9.17) is 10.5 Å². The first-order valence-electron chi connectivity index (χ1n) is 5.76. The SMILES string of the molecule is CCCC(C)Oc1ccc([C@@H](C)N)cc1Br. The smallest absolute Gasteiger partial charge is 0.133 e. The van der Waals surface area contributed by atoms with Crippen LogP contribution < -0.4 is 10.5 Å². The molecule has 1 rings (SSSR count). The minimum atomic E-state index is 0.0541. The van der Waals surface area contributed by atoms with Crippen molar-refractivity contribution in [2.45, 2.75) is 45.8 Å². The zero-order chi connectivity index (χ0) is 12.1. The zero-order valence-electron chi connectivity index (χ0n) is 10.2. The average molecular weight is 286 g/mol. The van der Waals surface area contributed by atoms with Gasteiger partial charge in [0.1, 0.15) is 5.75 Å². The van der Waals surface area contributed by atoms with Crippen LogP contribution in [0.4, 0.5) is 0 Å². The molecule has 0 fully saturated rings. The van der Waals surface area contributed by atoms with Crippen molar-refractivity contribution in [2.75, 3.05) is 0 Å². The summed E-state index contributed by atoms with van der Waals surface area (Å²) in [7, 11) is 0. The molecule has 0 saturated carbocycles. The number of nitrogens with two attached hydrogens (primary N) is 1. The molecule has 1 aromatic carbocycles. The van der Waals surface area contributed by atoms with Gasteiger partial charge in [-0.15, -0.1) is 0 Å².